The Balaban J connectivity index is 1.47. The Morgan fingerprint density at radius 3 is 2.64 bits per heavy atom. The first-order valence-corrected chi connectivity index (χ1v) is 10.0. The standard InChI is InChI=1S/C22H20N2O3S/c1-14-11-12-19(26-14)15(2)23-21(25)17-8-4-3-7-16(17)13-28-22-24-18-9-5-6-10-20(18)27-22/h3-12,15H,13H2,1-2H3,(H,23,25). The molecule has 1 N–H and O–H groups in total. The van der Waals surface area contributed by atoms with Crippen molar-refractivity contribution in [2.24, 2.45) is 0 Å². The summed E-state index contributed by atoms with van der Waals surface area (Å²) < 4.78 is 11.4. The van der Waals surface area contributed by atoms with Gasteiger partial charge in [-0.1, -0.05) is 42.1 Å². The van der Waals surface area contributed by atoms with Gasteiger partial charge in [-0.3, -0.25) is 4.79 Å². The van der Waals surface area contributed by atoms with Crippen molar-refractivity contribution in [3.63, 3.8) is 0 Å². The van der Waals surface area contributed by atoms with Gasteiger partial charge in [0, 0.05) is 11.3 Å². The molecular weight excluding hydrogens is 372 g/mol. The third-order valence-electron chi connectivity index (χ3n) is 4.42. The van der Waals surface area contributed by atoms with Gasteiger partial charge in [0.15, 0.2) is 5.58 Å². The molecule has 0 bridgehead atoms. The predicted octanol–water partition coefficient (Wildman–Crippen LogP) is 5.51. The summed E-state index contributed by atoms with van der Waals surface area (Å²) in [6.45, 7) is 3.79. The van der Waals surface area contributed by atoms with E-state index >= 15 is 0 Å². The predicted molar refractivity (Wildman–Crippen MR) is 109 cm³/mol. The summed E-state index contributed by atoms with van der Waals surface area (Å²) >= 11 is 1.47. The number of furan rings is 1. The maximum Gasteiger partial charge on any atom is 0.257 e. The highest BCUT2D eigenvalue weighted by Crippen LogP contribution is 2.27. The molecule has 2 aromatic carbocycles. The van der Waals surface area contributed by atoms with Gasteiger partial charge in [-0.15, -0.1) is 0 Å². The van der Waals surface area contributed by atoms with Gasteiger partial charge >= 0.3 is 0 Å². The molecule has 4 rings (SSSR count). The molecule has 5 nitrogen and oxygen atoms in total. The molecule has 0 aliphatic rings. The number of amides is 1. The Kier molecular flexibility index (Phi) is 5.21. The smallest absolute Gasteiger partial charge is 0.257 e. The van der Waals surface area contributed by atoms with Gasteiger partial charge in [-0.05, 0) is 49.7 Å². The van der Waals surface area contributed by atoms with Gasteiger partial charge < -0.3 is 14.2 Å². The Bertz CT molecular complexity index is 1080. The van der Waals surface area contributed by atoms with Crippen LogP contribution in [0.2, 0.25) is 0 Å². The molecule has 0 aliphatic heterocycles. The quantitative estimate of drug-likeness (QED) is 0.438. The van der Waals surface area contributed by atoms with Crippen molar-refractivity contribution in [3.8, 4) is 0 Å². The van der Waals surface area contributed by atoms with Crippen molar-refractivity contribution in [2.45, 2.75) is 30.9 Å². The number of thioether (sulfide) groups is 1. The van der Waals surface area contributed by atoms with E-state index in [-0.39, 0.29) is 11.9 Å². The van der Waals surface area contributed by atoms with Crippen molar-refractivity contribution in [3.05, 3.63) is 83.3 Å². The van der Waals surface area contributed by atoms with Crippen LogP contribution in [0.15, 0.2) is 74.7 Å². The fourth-order valence-corrected chi connectivity index (χ4v) is 3.79. The molecule has 1 unspecified atom stereocenters. The topological polar surface area (TPSA) is 68.3 Å². The van der Waals surface area contributed by atoms with Crippen LogP contribution in [0.25, 0.3) is 11.1 Å². The number of hydrogen-bond acceptors (Lipinski definition) is 5. The van der Waals surface area contributed by atoms with E-state index in [4.69, 9.17) is 8.83 Å². The van der Waals surface area contributed by atoms with Crippen molar-refractivity contribution < 1.29 is 13.6 Å². The number of rotatable bonds is 6. The maximum absolute atomic E-state index is 12.8. The lowest BCUT2D eigenvalue weighted by atomic mass is 10.1. The fourth-order valence-electron chi connectivity index (χ4n) is 2.95. The SMILES string of the molecule is Cc1ccc(C(C)NC(=O)c2ccccc2CSc2nc3ccccc3o2)o1. The number of carbonyl (C=O) groups is 1. The van der Waals surface area contributed by atoms with Crippen LogP contribution in [0.3, 0.4) is 0 Å². The second-order valence-electron chi connectivity index (χ2n) is 6.54. The van der Waals surface area contributed by atoms with Crippen LogP contribution in [0.4, 0.5) is 0 Å². The number of nitrogens with one attached hydrogen (secondary N) is 1. The highest BCUT2D eigenvalue weighted by atomic mass is 32.2. The van der Waals surface area contributed by atoms with Crippen LogP contribution in [-0.2, 0) is 5.75 Å². The van der Waals surface area contributed by atoms with Crippen molar-refractivity contribution >= 4 is 28.8 Å². The van der Waals surface area contributed by atoms with E-state index in [1.54, 1.807) is 0 Å². The zero-order chi connectivity index (χ0) is 19.5. The normalized spacial score (nSPS) is 12.2. The first-order chi connectivity index (χ1) is 13.6. The summed E-state index contributed by atoms with van der Waals surface area (Å²) in [5, 5.41) is 3.60. The number of hydrogen-bond donors (Lipinski definition) is 1. The zero-order valence-electron chi connectivity index (χ0n) is 15.6. The molecule has 142 valence electrons. The number of para-hydroxylation sites is 2. The summed E-state index contributed by atoms with van der Waals surface area (Å²) in [4.78, 5) is 17.3. The van der Waals surface area contributed by atoms with E-state index in [9.17, 15) is 4.79 Å². The van der Waals surface area contributed by atoms with Crippen LogP contribution in [-0.4, -0.2) is 10.9 Å². The number of fused-ring (bicyclic) bond motifs is 1. The highest BCUT2D eigenvalue weighted by Gasteiger charge is 2.17. The van der Waals surface area contributed by atoms with Gasteiger partial charge in [0.05, 0.1) is 6.04 Å². The summed E-state index contributed by atoms with van der Waals surface area (Å²) in [5.41, 5.74) is 3.16. The average molecular weight is 392 g/mol. The van der Waals surface area contributed by atoms with E-state index < -0.39 is 0 Å². The molecule has 2 aromatic heterocycles. The Labute approximate surface area is 167 Å². The second kappa shape index (κ2) is 7.94. The first kappa shape index (κ1) is 18.4. The van der Waals surface area contributed by atoms with E-state index in [0.717, 1.165) is 28.2 Å². The number of carbonyl (C=O) groups excluding carboxylic acids is 1. The van der Waals surface area contributed by atoms with Crippen LogP contribution >= 0.6 is 11.8 Å². The molecular formula is C22H20N2O3S. The lowest BCUT2D eigenvalue weighted by molar-refractivity contribution is 0.0934. The number of aromatic nitrogens is 1. The lowest BCUT2D eigenvalue weighted by Gasteiger charge is -2.13. The molecule has 28 heavy (non-hydrogen) atoms. The number of aryl methyl sites for hydroxylation is 1. The molecule has 1 amide bonds. The monoisotopic (exact) mass is 392 g/mol. The second-order valence-corrected chi connectivity index (χ2v) is 7.46. The minimum Gasteiger partial charge on any atom is -0.464 e. The average Bonchev–Trinajstić information content (AvgIpc) is 3.32. The minimum absolute atomic E-state index is 0.129. The Morgan fingerprint density at radius 1 is 1.07 bits per heavy atom. The van der Waals surface area contributed by atoms with E-state index in [1.807, 2.05) is 74.5 Å². The molecule has 0 spiro atoms. The molecule has 0 saturated carbocycles. The molecule has 0 radical (unpaired) electrons. The summed E-state index contributed by atoms with van der Waals surface area (Å²) in [6.07, 6.45) is 0. The van der Waals surface area contributed by atoms with Gasteiger partial charge in [0.1, 0.15) is 17.0 Å². The summed E-state index contributed by atoms with van der Waals surface area (Å²) in [5.74, 6) is 2.02. The summed E-state index contributed by atoms with van der Waals surface area (Å²) in [7, 11) is 0. The molecule has 6 heteroatoms. The highest BCUT2D eigenvalue weighted by molar-refractivity contribution is 7.98. The molecule has 1 atom stereocenters. The van der Waals surface area contributed by atoms with Gasteiger partial charge in [-0.25, -0.2) is 4.98 Å². The number of oxazole rings is 1. The molecule has 2 heterocycles. The van der Waals surface area contributed by atoms with Gasteiger partial charge in [0.2, 0.25) is 0 Å². The molecule has 0 fully saturated rings. The van der Waals surface area contributed by atoms with Crippen molar-refractivity contribution in [1.29, 1.82) is 0 Å². The third-order valence-corrected chi connectivity index (χ3v) is 5.30. The molecule has 0 aliphatic carbocycles. The largest absolute Gasteiger partial charge is 0.464 e. The lowest BCUT2D eigenvalue weighted by Crippen LogP contribution is -2.27. The first-order valence-electron chi connectivity index (χ1n) is 9.03. The number of benzene rings is 2. The minimum atomic E-state index is -0.209. The van der Waals surface area contributed by atoms with Crippen LogP contribution in [0, 0.1) is 6.92 Å². The van der Waals surface area contributed by atoms with Crippen LogP contribution in [0.5, 0.6) is 0 Å². The van der Waals surface area contributed by atoms with Gasteiger partial charge in [0.25, 0.3) is 11.1 Å². The van der Waals surface area contributed by atoms with Crippen LogP contribution in [0.1, 0.15) is 40.4 Å². The Morgan fingerprint density at radius 2 is 1.86 bits per heavy atom. The van der Waals surface area contributed by atoms with Gasteiger partial charge in [-0.2, -0.15) is 0 Å². The molecule has 0 saturated heterocycles. The van der Waals surface area contributed by atoms with Crippen molar-refractivity contribution in [2.75, 3.05) is 0 Å². The zero-order valence-corrected chi connectivity index (χ0v) is 16.5. The van der Waals surface area contributed by atoms with Crippen molar-refractivity contribution in [1.82, 2.24) is 10.3 Å². The third kappa shape index (κ3) is 3.97. The maximum atomic E-state index is 12.8. The fraction of sp³-hybridized carbons (Fsp3) is 0.182. The molecule has 4 aromatic rings. The van der Waals surface area contributed by atoms with E-state index in [2.05, 4.69) is 10.3 Å². The van der Waals surface area contributed by atoms with E-state index in [0.29, 0.717) is 16.5 Å². The number of nitrogens with zero attached hydrogens (tertiary/aromatic N) is 1. The van der Waals surface area contributed by atoms with Crippen LogP contribution < -0.4 is 5.32 Å². The Hall–Kier alpha value is -2.99. The summed E-state index contributed by atoms with van der Waals surface area (Å²) in [6, 6.07) is 18.8. The van der Waals surface area contributed by atoms with E-state index in [1.165, 1.54) is 11.8 Å².